The molecule has 10 heteroatoms. The number of alkyl halides is 3. The second-order valence-corrected chi connectivity index (χ2v) is 8.32. The Kier molecular flexibility index (Phi) is 7.59. The number of pyridine rings is 1. The first-order valence-electron chi connectivity index (χ1n) is 9.91. The van der Waals surface area contributed by atoms with Crippen molar-refractivity contribution in [3.05, 3.63) is 93.3 Å². The average Bonchev–Trinajstić information content (AvgIpc) is 3.18. The van der Waals surface area contributed by atoms with E-state index in [1.807, 2.05) is 6.07 Å². The highest BCUT2D eigenvalue weighted by molar-refractivity contribution is 7.15. The van der Waals surface area contributed by atoms with E-state index in [1.54, 1.807) is 49.6 Å². The minimum absolute atomic E-state index is 0.102. The number of nitrogens with one attached hydrogen (secondary N) is 2. The topological polar surface area (TPSA) is 82.0 Å². The van der Waals surface area contributed by atoms with Crippen LogP contribution in [0.4, 0.5) is 13.2 Å². The number of allylic oxidation sites excluding steroid dienone is 1. The van der Waals surface area contributed by atoms with Crippen LogP contribution in [0.2, 0.25) is 0 Å². The molecule has 0 spiro atoms. The van der Waals surface area contributed by atoms with Crippen molar-refractivity contribution in [3.63, 3.8) is 0 Å². The summed E-state index contributed by atoms with van der Waals surface area (Å²) < 4.78 is 38.6. The molecule has 0 radical (unpaired) electrons. The Balaban J connectivity index is 1.60. The van der Waals surface area contributed by atoms with Crippen LogP contribution in [-0.4, -0.2) is 33.5 Å². The van der Waals surface area contributed by atoms with Crippen LogP contribution in [0.15, 0.2) is 61.1 Å². The number of aromatic nitrogens is 2. The lowest BCUT2D eigenvalue weighted by Gasteiger charge is -2.15. The molecule has 0 unspecified atom stereocenters. The lowest BCUT2D eigenvalue weighted by molar-refractivity contribution is -0.137. The lowest BCUT2D eigenvalue weighted by atomic mass is 10.1. The van der Waals surface area contributed by atoms with Crippen molar-refractivity contribution in [1.29, 1.82) is 5.41 Å². The number of hydrogen-bond donors (Lipinski definition) is 2. The quantitative estimate of drug-likeness (QED) is 0.460. The third kappa shape index (κ3) is 6.72. The molecular weight excluding hydrogens is 451 g/mol. The lowest BCUT2D eigenvalue weighted by Crippen LogP contribution is -2.22. The van der Waals surface area contributed by atoms with Gasteiger partial charge in [0.2, 0.25) is 0 Å². The Hall–Kier alpha value is -3.53. The van der Waals surface area contributed by atoms with E-state index < -0.39 is 11.7 Å². The molecule has 0 atom stereocenters. The van der Waals surface area contributed by atoms with E-state index in [0.29, 0.717) is 27.7 Å². The van der Waals surface area contributed by atoms with Gasteiger partial charge in [-0.1, -0.05) is 18.2 Å². The van der Waals surface area contributed by atoms with Crippen molar-refractivity contribution in [2.24, 2.45) is 0 Å². The van der Waals surface area contributed by atoms with Gasteiger partial charge in [-0.15, -0.1) is 11.3 Å². The molecule has 1 aromatic carbocycles. The number of nitrogens with zero attached hydrogens (tertiary/aromatic N) is 3. The fourth-order valence-corrected chi connectivity index (χ4v) is 3.86. The Morgan fingerprint density at radius 1 is 1.24 bits per heavy atom. The summed E-state index contributed by atoms with van der Waals surface area (Å²) in [4.78, 5) is 22.9. The van der Waals surface area contributed by atoms with Gasteiger partial charge in [0.05, 0.1) is 17.0 Å². The molecule has 3 rings (SSSR count). The highest BCUT2D eigenvalue weighted by Gasteiger charge is 2.30. The average molecular weight is 474 g/mol. The van der Waals surface area contributed by atoms with E-state index in [2.05, 4.69) is 15.3 Å². The van der Waals surface area contributed by atoms with Crippen LogP contribution in [-0.2, 0) is 19.3 Å². The van der Waals surface area contributed by atoms with Crippen molar-refractivity contribution < 1.29 is 18.0 Å². The van der Waals surface area contributed by atoms with Gasteiger partial charge < -0.3 is 10.2 Å². The Labute approximate surface area is 193 Å². The van der Waals surface area contributed by atoms with E-state index in [0.717, 1.165) is 29.0 Å². The summed E-state index contributed by atoms with van der Waals surface area (Å²) in [6, 6.07) is 8.77. The molecule has 0 saturated heterocycles. The maximum Gasteiger partial charge on any atom is 0.416 e. The van der Waals surface area contributed by atoms with Gasteiger partial charge in [0, 0.05) is 38.7 Å². The van der Waals surface area contributed by atoms with Gasteiger partial charge in [0.25, 0.3) is 5.91 Å². The zero-order valence-corrected chi connectivity index (χ0v) is 18.8. The first kappa shape index (κ1) is 24.1. The van der Waals surface area contributed by atoms with Crippen LogP contribution >= 0.6 is 11.3 Å². The predicted octanol–water partition coefficient (Wildman–Crippen LogP) is 4.81. The second-order valence-electron chi connectivity index (χ2n) is 7.32. The van der Waals surface area contributed by atoms with Crippen molar-refractivity contribution in [2.75, 3.05) is 7.05 Å². The van der Waals surface area contributed by atoms with Gasteiger partial charge in [0.1, 0.15) is 9.88 Å². The third-order valence-electron chi connectivity index (χ3n) is 4.59. The van der Waals surface area contributed by atoms with Crippen LogP contribution in [0, 0.1) is 12.3 Å². The molecule has 33 heavy (non-hydrogen) atoms. The first-order valence-corrected chi connectivity index (χ1v) is 10.7. The molecule has 2 aromatic heterocycles. The van der Waals surface area contributed by atoms with Crippen LogP contribution in [0.25, 0.3) is 0 Å². The third-order valence-corrected chi connectivity index (χ3v) is 5.78. The van der Waals surface area contributed by atoms with Gasteiger partial charge in [0.15, 0.2) is 0 Å². The zero-order chi connectivity index (χ0) is 24.0. The van der Waals surface area contributed by atoms with Crippen LogP contribution in [0.1, 0.15) is 37.1 Å². The van der Waals surface area contributed by atoms with Crippen molar-refractivity contribution in [1.82, 2.24) is 20.2 Å². The highest BCUT2D eigenvalue weighted by Crippen LogP contribution is 2.29. The summed E-state index contributed by atoms with van der Waals surface area (Å²) in [6.45, 7) is 2.28. The Morgan fingerprint density at radius 3 is 2.70 bits per heavy atom. The van der Waals surface area contributed by atoms with E-state index in [9.17, 15) is 18.0 Å². The van der Waals surface area contributed by atoms with Crippen molar-refractivity contribution >= 4 is 23.0 Å². The molecule has 2 N–H and O–H groups in total. The number of rotatable bonds is 8. The van der Waals surface area contributed by atoms with Gasteiger partial charge in [-0.25, -0.2) is 4.98 Å². The fraction of sp³-hybridized carbons (Fsp3) is 0.217. The monoisotopic (exact) mass is 473 g/mol. The summed E-state index contributed by atoms with van der Waals surface area (Å²) in [5.74, 6) is -0.279. The highest BCUT2D eigenvalue weighted by atomic mass is 32.1. The number of carbonyl (C=O) groups is 1. The molecule has 2 heterocycles. The van der Waals surface area contributed by atoms with Gasteiger partial charge in [-0.2, -0.15) is 13.2 Å². The number of benzene rings is 1. The summed E-state index contributed by atoms with van der Waals surface area (Å²) in [6.07, 6.45) is 2.03. The molecule has 6 nitrogen and oxygen atoms in total. The number of hydrogen-bond acceptors (Lipinski definition) is 6. The van der Waals surface area contributed by atoms with Crippen LogP contribution < -0.4 is 5.32 Å². The number of halogens is 3. The minimum atomic E-state index is -4.39. The van der Waals surface area contributed by atoms with Crippen LogP contribution in [0.5, 0.6) is 0 Å². The van der Waals surface area contributed by atoms with E-state index in [4.69, 9.17) is 5.41 Å². The van der Waals surface area contributed by atoms with Crippen LogP contribution in [0.3, 0.4) is 0 Å². The van der Waals surface area contributed by atoms with Gasteiger partial charge in [-0.3, -0.25) is 15.2 Å². The maximum atomic E-state index is 12.9. The van der Waals surface area contributed by atoms with E-state index in [1.165, 1.54) is 12.1 Å². The maximum absolute atomic E-state index is 12.9. The SMILES string of the molecule is Cc1nc(C(=N)/C=C\N(C)Cc2cccc(C(F)(F)F)c2)sc1C(=O)NCc1cccnc1. The fourth-order valence-electron chi connectivity index (χ4n) is 2.95. The largest absolute Gasteiger partial charge is 0.416 e. The van der Waals surface area contributed by atoms with Gasteiger partial charge >= 0.3 is 6.18 Å². The summed E-state index contributed by atoms with van der Waals surface area (Å²) in [5, 5.41) is 11.4. The van der Waals surface area contributed by atoms with E-state index in [-0.39, 0.29) is 18.2 Å². The Morgan fingerprint density at radius 2 is 2.00 bits per heavy atom. The molecule has 0 aliphatic rings. The first-order chi connectivity index (χ1) is 15.6. The Bertz CT molecular complexity index is 1160. The molecule has 0 saturated carbocycles. The zero-order valence-electron chi connectivity index (χ0n) is 18.0. The molecule has 0 bridgehead atoms. The second kappa shape index (κ2) is 10.4. The minimum Gasteiger partial charge on any atom is -0.376 e. The van der Waals surface area contributed by atoms with Crippen molar-refractivity contribution in [3.8, 4) is 0 Å². The van der Waals surface area contributed by atoms with Crippen molar-refractivity contribution in [2.45, 2.75) is 26.2 Å². The summed E-state index contributed by atoms with van der Waals surface area (Å²) in [7, 11) is 1.70. The summed E-state index contributed by atoms with van der Waals surface area (Å²) in [5.41, 5.74) is 1.30. The number of aryl methyl sites for hydroxylation is 1. The molecule has 1 amide bonds. The molecular formula is C23H22F3N5OS. The molecule has 0 aliphatic carbocycles. The smallest absolute Gasteiger partial charge is 0.376 e. The summed E-state index contributed by atoms with van der Waals surface area (Å²) >= 11 is 1.11. The molecule has 3 aromatic rings. The van der Waals surface area contributed by atoms with Gasteiger partial charge in [-0.05, 0) is 42.3 Å². The molecule has 0 fully saturated rings. The number of thiazole rings is 1. The van der Waals surface area contributed by atoms with E-state index >= 15 is 0 Å². The number of carbonyl (C=O) groups excluding carboxylic acids is 1. The predicted molar refractivity (Wildman–Crippen MR) is 121 cm³/mol. The normalized spacial score (nSPS) is 11.5. The number of amides is 1. The molecule has 0 aliphatic heterocycles. The standard InChI is InChI=1S/C23H22F3N5OS/c1-15-20(21(32)29-13-17-6-4-9-28-12-17)33-22(30-15)19(27)8-10-31(2)14-16-5-3-7-18(11-16)23(24,25)26/h3-12,27H,13-14H2,1-2H3,(H,29,32)/b10-8-,27-19?. The molecule has 172 valence electrons.